The van der Waals surface area contributed by atoms with E-state index in [4.69, 9.17) is 4.74 Å². The first kappa shape index (κ1) is 14.6. The summed E-state index contributed by atoms with van der Waals surface area (Å²) in [6.07, 6.45) is 3.00. The number of allylic oxidation sites excluding steroid dienone is 2. The Balaban J connectivity index is 2.52. The Morgan fingerprint density at radius 2 is 1.65 bits per heavy atom. The number of ketones is 1. The first-order valence-electron chi connectivity index (χ1n) is 6.24. The van der Waals surface area contributed by atoms with Crippen LogP contribution in [0.2, 0.25) is 0 Å². The highest BCUT2D eigenvalue weighted by Gasteiger charge is 2.46. The Hall–Kier alpha value is -1.81. The largest absolute Gasteiger partial charge is 0.467 e. The smallest absolute Gasteiger partial charge is 0.330 e. The lowest BCUT2D eigenvalue weighted by Crippen LogP contribution is -2.41. The molecule has 0 unspecified atom stereocenters. The lowest BCUT2D eigenvalue weighted by molar-refractivity contribution is -0.141. The number of rotatable bonds is 3. The molecule has 1 aromatic rings. The molecule has 2 rings (SSSR count). The van der Waals surface area contributed by atoms with E-state index in [2.05, 4.69) is 0 Å². The van der Waals surface area contributed by atoms with Crippen molar-refractivity contribution in [2.75, 3.05) is 7.11 Å². The van der Waals surface area contributed by atoms with Crippen LogP contribution < -0.4 is 0 Å². The molecule has 104 valence electrons. The molecule has 0 heterocycles. The van der Waals surface area contributed by atoms with E-state index in [0.717, 1.165) is 4.90 Å². The van der Waals surface area contributed by atoms with Crippen LogP contribution in [0.1, 0.15) is 13.8 Å². The highest BCUT2D eigenvalue weighted by Crippen LogP contribution is 2.46. The first-order chi connectivity index (χ1) is 9.50. The lowest BCUT2D eigenvalue weighted by atomic mass is 9.86. The Morgan fingerprint density at radius 1 is 1.10 bits per heavy atom. The summed E-state index contributed by atoms with van der Waals surface area (Å²) in [6, 6.07) is 9.63. The SMILES string of the molecule is COC(=O)C1(Sc2ccccc2)C(C)=CC(=O)C=C1C. The van der Waals surface area contributed by atoms with Crippen LogP contribution in [0.4, 0.5) is 0 Å². The quantitative estimate of drug-likeness (QED) is 0.801. The van der Waals surface area contributed by atoms with Gasteiger partial charge in [-0.3, -0.25) is 4.79 Å². The predicted octanol–water partition coefficient (Wildman–Crippen LogP) is 3.17. The van der Waals surface area contributed by atoms with Crippen molar-refractivity contribution in [3.05, 3.63) is 53.6 Å². The molecule has 0 saturated heterocycles. The zero-order valence-electron chi connectivity index (χ0n) is 11.7. The Kier molecular flexibility index (Phi) is 4.14. The van der Waals surface area contributed by atoms with Gasteiger partial charge in [0, 0.05) is 4.90 Å². The molecule has 20 heavy (non-hydrogen) atoms. The minimum absolute atomic E-state index is 0.0896. The van der Waals surface area contributed by atoms with Gasteiger partial charge in [-0.05, 0) is 49.3 Å². The van der Waals surface area contributed by atoms with Crippen LogP contribution in [0.5, 0.6) is 0 Å². The van der Waals surface area contributed by atoms with Gasteiger partial charge in [0.25, 0.3) is 0 Å². The highest BCUT2D eigenvalue weighted by atomic mass is 32.2. The highest BCUT2D eigenvalue weighted by molar-refractivity contribution is 8.01. The molecule has 0 atom stereocenters. The second-order valence-electron chi connectivity index (χ2n) is 4.64. The van der Waals surface area contributed by atoms with E-state index in [1.54, 1.807) is 13.8 Å². The fraction of sp³-hybridized carbons (Fsp3) is 0.250. The maximum absolute atomic E-state index is 12.4. The summed E-state index contributed by atoms with van der Waals surface area (Å²) in [5.74, 6) is -0.449. The summed E-state index contributed by atoms with van der Waals surface area (Å²) >= 11 is 1.40. The molecule has 0 aromatic heterocycles. The Bertz CT molecular complexity index is 577. The van der Waals surface area contributed by atoms with E-state index in [-0.39, 0.29) is 11.8 Å². The summed E-state index contributed by atoms with van der Waals surface area (Å²) in [4.78, 5) is 25.0. The molecule has 0 spiro atoms. The van der Waals surface area contributed by atoms with Crippen LogP contribution in [0.3, 0.4) is 0 Å². The van der Waals surface area contributed by atoms with Crippen LogP contribution in [0.15, 0.2) is 58.5 Å². The van der Waals surface area contributed by atoms with Crippen LogP contribution in [-0.2, 0) is 14.3 Å². The fourth-order valence-corrected chi connectivity index (χ4v) is 3.57. The number of thioether (sulfide) groups is 1. The third-order valence-electron chi connectivity index (χ3n) is 3.32. The standard InChI is InChI=1S/C16H16O3S/c1-11-9-13(17)10-12(2)16(11,15(18)19-3)20-14-7-5-4-6-8-14/h4-10H,1-3H3. The molecule has 0 bridgehead atoms. The Labute approximate surface area is 122 Å². The topological polar surface area (TPSA) is 43.4 Å². The van der Waals surface area contributed by atoms with E-state index in [0.29, 0.717) is 11.1 Å². The van der Waals surface area contributed by atoms with E-state index in [9.17, 15) is 9.59 Å². The van der Waals surface area contributed by atoms with Crippen molar-refractivity contribution in [2.24, 2.45) is 0 Å². The van der Waals surface area contributed by atoms with Gasteiger partial charge in [0.15, 0.2) is 10.5 Å². The molecule has 1 aromatic carbocycles. The summed E-state index contributed by atoms with van der Waals surface area (Å²) < 4.78 is 4.03. The number of hydrogen-bond acceptors (Lipinski definition) is 4. The van der Waals surface area contributed by atoms with Crippen molar-refractivity contribution < 1.29 is 14.3 Å². The number of methoxy groups -OCH3 is 1. The van der Waals surface area contributed by atoms with Gasteiger partial charge >= 0.3 is 5.97 Å². The monoisotopic (exact) mass is 288 g/mol. The van der Waals surface area contributed by atoms with Gasteiger partial charge in [0.2, 0.25) is 0 Å². The number of ether oxygens (including phenoxy) is 1. The Morgan fingerprint density at radius 3 is 2.15 bits per heavy atom. The van der Waals surface area contributed by atoms with Crippen molar-refractivity contribution in [1.29, 1.82) is 0 Å². The fourth-order valence-electron chi connectivity index (χ4n) is 2.32. The van der Waals surface area contributed by atoms with Crippen molar-refractivity contribution >= 4 is 23.5 Å². The van der Waals surface area contributed by atoms with Crippen LogP contribution >= 0.6 is 11.8 Å². The molecular formula is C16H16O3S. The molecule has 0 N–H and O–H groups in total. The van der Waals surface area contributed by atoms with E-state index in [1.165, 1.54) is 31.0 Å². The predicted molar refractivity (Wildman–Crippen MR) is 79.6 cm³/mol. The molecule has 1 aliphatic carbocycles. The average Bonchev–Trinajstić information content (AvgIpc) is 2.43. The molecule has 0 fully saturated rings. The second-order valence-corrected chi connectivity index (χ2v) is 5.93. The van der Waals surface area contributed by atoms with Gasteiger partial charge in [0.1, 0.15) is 0 Å². The minimum atomic E-state index is -0.954. The van der Waals surface area contributed by atoms with Gasteiger partial charge in [-0.2, -0.15) is 0 Å². The van der Waals surface area contributed by atoms with Crippen LogP contribution in [0, 0.1) is 0 Å². The third-order valence-corrected chi connectivity index (χ3v) is 4.94. The second kappa shape index (κ2) is 5.67. The summed E-state index contributed by atoms with van der Waals surface area (Å²) in [6.45, 7) is 3.59. The number of hydrogen-bond donors (Lipinski definition) is 0. The number of carbonyl (C=O) groups excluding carboxylic acids is 2. The van der Waals surface area contributed by atoms with Crippen LogP contribution in [-0.4, -0.2) is 23.6 Å². The normalized spacial score (nSPS) is 17.2. The zero-order chi connectivity index (χ0) is 14.8. The maximum atomic E-state index is 12.4. The molecule has 3 nitrogen and oxygen atoms in total. The van der Waals surface area contributed by atoms with E-state index in [1.807, 2.05) is 30.3 Å². The van der Waals surface area contributed by atoms with Gasteiger partial charge in [-0.25, -0.2) is 4.79 Å². The molecule has 0 radical (unpaired) electrons. The number of esters is 1. The summed E-state index contributed by atoms with van der Waals surface area (Å²) in [5.41, 5.74) is 1.39. The van der Waals surface area contributed by atoms with Crippen LogP contribution in [0.25, 0.3) is 0 Å². The third kappa shape index (κ3) is 2.43. The molecule has 0 aliphatic heterocycles. The lowest BCUT2D eigenvalue weighted by Gasteiger charge is -2.34. The number of benzene rings is 1. The van der Waals surface area contributed by atoms with Crippen molar-refractivity contribution in [3.8, 4) is 0 Å². The summed E-state index contributed by atoms with van der Waals surface area (Å²) in [7, 11) is 1.37. The zero-order valence-corrected chi connectivity index (χ0v) is 12.5. The van der Waals surface area contributed by atoms with Gasteiger partial charge < -0.3 is 4.74 Å². The summed E-state index contributed by atoms with van der Waals surface area (Å²) in [5, 5.41) is 0. The van der Waals surface area contributed by atoms with E-state index >= 15 is 0 Å². The van der Waals surface area contributed by atoms with E-state index < -0.39 is 4.75 Å². The molecule has 0 saturated carbocycles. The average molecular weight is 288 g/mol. The molecular weight excluding hydrogens is 272 g/mol. The first-order valence-corrected chi connectivity index (χ1v) is 7.06. The maximum Gasteiger partial charge on any atom is 0.330 e. The van der Waals surface area contributed by atoms with Crippen molar-refractivity contribution in [3.63, 3.8) is 0 Å². The minimum Gasteiger partial charge on any atom is -0.467 e. The molecule has 1 aliphatic rings. The van der Waals surface area contributed by atoms with Crippen molar-refractivity contribution in [1.82, 2.24) is 0 Å². The number of carbonyl (C=O) groups is 2. The van der Waals surface area contributed by atoms with Gasteiger partial charge in [0.05, 0.1) is 7.11 Å². The molecule has 0 amide bonds. The van der Waals surface area contributed by atoms with Crippen molar-refractivity contribution in [2.45, 2.75) is 23.5 Å². The van der Waals surface area contributed by atoms with Gasteiger partial charge in [-0.1, -0.05) is 30.0 Å². The van der Waals surface area contributed by atoms with Gasteiger partial charge in [-0.15, -0.1) is 0 Å². The molecule has 4 heteroatoms.